The summed E-state index contributed by atoms with van der Waals surface area (Å²) in [6, 6.07) is 16.2. The van der Waals surface area contributed by atoms with Gasteiger partial charge in [-0.2, -0.15) is 9.78 Å². The molecule has 5 rings (SSSR count). The molecular weight excluding hydrogens is 408 g/mol. The van der Waals surface area contributed by atoms with Crippen LogP contribution in [-0.4, -0.2) is 12.6 Å². The van der Waals surface area contributed by atoms with Gasteiger partial charge in [0.2, 0.25) is 25.2 Å². The summed E-state index contributed by atoms with van der Waals surface area (Å²) in [5.74, 6) is -0.148. The van der Waals surface area contributed by atoms with Gasteiger partial charge in [0, 0.05) is 23.0 Å². The molecule has 0 spiro atoms. The SMILES string of the molecule is CC(C)(C)[C@H]1c2ccccc2[C@@H]2OO[C@H]3O[C@@H](OO[C@H]1O2)c1ccccc1[C@@H]3C(C)(C)C. The first-order valence-electron chi connectivity index (χ1n) is 11.3. The largest absolute Gasteiger partial charge is 0.313 e. The van der Waals surface area contributed by atoms with Crippen LogP contribution in [0, 0.1) is 10.8 Å². The van der Waals surface area contributed by atoms with E-state index in [2.05, 4.69) is 53.7 Å². The second-order valence-electron chi connectivity index (χ2n) is 11.0. The molecule has 0 aliphatic carbocycles. The highest BCUT2D eigenvalue weighted by atomic mass is 17.3. The van der Waals surface area contributed by atoms with Crippen LogP contribution in [0.4, 0.5) is 0 Å². The lowest BCUT2D eigenvalue weighted by Crippen LogP contribution is -2.45. The summed E-state index contributed by atoms with van der Waals surface area (Å²) < 4.78 is 12.5. The molecule has 3 aliphatic heterocycles. The minimum atomic E-state index is -0.753. The monoisotopic (exact) mass is 440 g/mol. The summed E-state index contributed by atoms with van der Waals surface area (Å²) in [5.41, 5.74) is 3.76. The van der Waals surface area contributed by atoms with Gasteiger partial charge in [0.1, 0.15) is 0 Å². The number of ether oxygens (including phenoxy) is 2. The molecule has 0 N–H and O–H groups in total. The second-order valence-corrected chi connectivity index (χ2v) is 11.0. The standard InChI is InChI=1S/C26H32O6/c1-25(2,3)19-15-11-7-9-13-17(15)21-27-23(19)31-29-22-18-14-10-8-12-16(18)20(26(4,5)6)24(28-22)32-30-21/h7-14,19-24H,1-6H3/t19-,20-,21-,22-,23+,24+/m0/s1. The maximum absolute atomic E-state index is 6.25. The highest BCUT2D eigenvalue weighted by molar-refractivity contribution is 5.36. The van der Waals surface area contributed by atoms with Crippen molar-refractivity contribution in [3.63, 3.8) is 0 Å². The van der Waals surface area contributed by atoms with Gasteiger partial charge in [-0.15, -0.1) is 0 Å². The zero-order valence-corrected chi connectivity index (χ0v) is 19.5. The molecule has 0 radical (unpaired) electrons. The Balaban J connectivity index is 1.57. The number of rotatable bonds is 0. The number of fused-ring (bicyclic) bond motifs is 8. The molecule has 32 heavy (non-hydrogen) atoms. The molecular formula is C26H32O6. The van der Waals surface area contributed by atoms with E-state index in [0.29, 0.717) is 0 Å². The number of hydrogen-bond acceptors (Lipinski definition) is 6. The second kappa shape index (κ2) is 7.90. The summed E-state index contributed by atoms with van der Waals surface area (Å²) in [6.07, 6.45) is -2.88. The molecule has 172 valence electrons. The molecule has 3 aliphatic rings. The highest BCUT2D eigenvalue weighted by Gasteiger charge is 2.49. The summed E-state index contributed by atoms with van der Waals surface area (Å²) >= 11 is 0. The Labute approximate surface area is 189 Å². The maximum Gasteiger partial charge on any atom is 0.220 e. The smallest absolute Gasteiger partial charge is 0.220 e. The fourth-order valence-corrected chi connectivity index (χ4v) is 5.12. The molecule has 0 aromatic heterocycles. The first-order valence-corrected chi connectivity index (χ1v) is 11.3. The molecule has 0 amide bonds. The first kappa shape index (κ1) is 22.0. The van der Waals surface area contributed by atoms with Gasteiger partial charge in [-0.05, 0) is 22.0 Å². The molecule has 4 bridgehead atoms. The maximum atomic E-state index is 6.25. The van der Waals surface area contributed by atoms with E-state index in [0.717, 1.165) is 22.3 Å². The number of hydrogen-bond donors (Lipinski definition) is 0. The predicted octanol–water partition coefficient (Wildman–Crippen LogP) is 6.27. The number of benzene rings is 2. The molecule has 0 unspecified atom stereocenters. The first-order chi connectivity index (χ1) is 15.1. The molecule has 2 aromatic rings. The van der Waals surface area contributed by atoms with Crippen molar-refractivity contribution in [2.45, 2.75) is 78.5 Å². The van der Waals surface area contributed by atoms with Crippen molar-refractivity contribution in [1.29, 1.82) is 0 Å². The van der Waals surface area contributed by atoms with Crippen LogP contribution in [0.5, 0.6) is 0 Å². The summed E-state index contributed by atoms with van der Waals surface area (Å²) in [5, 5.41) is 0. The zero-order chi connectivity index (χ0) is 22.7. The van der Waals surface area contributed by atoms with Gasteiger partial charge in [-0.25, -0.2) is 9.78 Å². The summed E-state index contributed by atoms with van der Waals surface area (Å²) in [6.45, 7) is 13.0. The Morgan fingerprint density at radius 2 is 0.844 bits per heavy atom. The van der Waals surface area contributed by atoms with Crippen molar-refractivity contribution in [3.8, 4) is 0 Å². The summed E-state index contributed by atoms with van der Waals surface area (Å²) in [4.78, 5) is 23.8. The van der Waals surface area contributed by atoms with Crippen molar-refractivity contribution >= 4 is 0 Å². The molecule has 2 aromatic carbocycles. The van der Waals surface area contributed by atoms with Crippen molar-refractivity contribution in [2.75, 3.05) is 0 Å². The van der Waals surface area contributed by atoms with Crippen LogP contribution in [0.25, 0.3) is 0 Å². The minimum Gasteiger partial charge on any atom is -0.313 e. The van der Waals surface area contributed by atoms with Crippen molar-refractivity contribution in [2.24, 2.45) is 10.8 Å². The lowest BCUT2D eigenvalue weighted by molar-refractivity contribution is -0.541. The molecule has 1 fully saturated rings. The van der Waals surface area contributed by atoms with Gasteiger partial charge in [0.25, 0.3) is 0 Å². The fourth-order valence-electron chi connectivity index (χ4n) is 5.12. The Bertz CT molecular complexity index is 895. The van der Waals surface area contributed by atoms with Gasteiger partial charge in [0.15, 0.2) is 0 Å². The van der Waals surface area contributed by atoms with Crippen molar-refractivity contribution in [3.05, 3.63) is 70.8 Å². The fraction of sp³-hybridized carbons (Fsp3) is 0.538. The average molecular weight is 441 g/mol. The molecule has 1 saturated heterocycles. The van der Waals surface area contributed by atoms with Crippen molar-refractivity contribution < 1.29 is 29.0 Å². The van der Waals surface area contributed by atoms with E-state index >= 15 is 0 Å². The summed E-state index contributed by atoms with van der Waals surface area (Å²) in [7, 11) is 0. The van der Waals surface area contributed by atoms with Crippen LogP contribution in [0.1, 0.15) is 88.2 Å². The van der Waals surface area contributed by atoms with Gasteiger partial charge in [0.05, 0.1) is 0 Å². The van der Waals surface area contributed by atoms with Gasteiger partial charge >= 0.3 is 0 Å². The molecule has 6 heteroatoms. The Morgan fingerprint density at radius 1 is 0.500 bits per heavy atom. The third kappa shape index (κ3) is 3.79. The van der Waals surface area contributed by atoms with E-state index in [-0.39, 0.29) is 22.7 Å². The third-order valence-electron chi connectivity index (χ3n) is 6.57. The van der Waals surface area contributed by atoms with Crippen LogP contribution in [0.3, 0.4) is 0 Å². The van der Waals surface area contributed by atoms with E-state index in [1.807, 2.05) is 36.4 Å². The highest BCUT2D eigenvalue weighted by Crippen LogP contribution is 2.51. The van der Waals surface area contributed by atoms with Crippen molar-refractivity contribution in [1.82, 2.24) is 0 Å². The van der Waals surface area contributed by atoms with Crippen LogP contribution < -0.4 is 0 Å². The molecule has 6 atom stereocenters. The molecule has 3 heterocycles. The van der Waals surface area contributed by atoms with Gasteiger partial charge in [-0.3, -0.25) is 0 Å². The van der Waals surface area contributed by atoms with Gasteiger partial charge in [-0.1, -0.05) is 90.1 Å². The zero-order valence-electron chi connectivity index (χ0n) is 19.5. The minimum absolute atomic E-state index is 0.0741. The van der Waals surface area contributed by atoms with Crippen LogP contribution in [0.2, 0.25) is 0 Å². The van der Waals surface area contributed by atoms with E-state index in [9.17, 15) is 0 Å². The normalized spacial score (nSPS) is 32.6. The quantitative estimate of drug-likeness (QED) is 0.450. The Kier molecular flexibility index (Phi) is 5.44. The van der Waals surface area contributed by atoms with Crippen LogP contribution in [0.15, 0.2) is 48.5 Å². The lowest BCUT2D eigenvalue weighted by atomic mass is 9.73. The Hall–Kier alpha value is -1.80. The third-order valence-corrected chi connectivity index (χ3v) is 6.57. The van der Waals surface area contributed by atoms with Crippen LogP contribution in [-0.2, 0) is 29.0 Å². The predicted molar refractivity (Wildman–Crippen MR) is 117 cm³/mol. The molecule has 6 nitrogen and oxygen atoms in total. The van der Waals surface area contributed by atoms with Gasteiger partial charge < -0.3 is 9.47 Å². The topological polar surface area (TPSA) is 55.4 Å². The lowest BCUT2D eigenvalue weighted by Gasteiger charge is -2.46. The van der Waals surface area contributed by atoms with E-state index < -0.39 is 25.2 Å². The Morgan fingerprint density at radius 3 is 1.19 bits per heavy atom. The van der Waals surface area contributed by atoms with E-state index in [4.69, 9.17) is 29.0 Å². The van der Waals surface area contributed by atoms with E-state index in [1.54, 1.807) is 0 Å². The van der Waals surface area contributed by atoms with E-state index in [1.165, 1.54) is 0 Å². The van der Waals surface area contributed by atoms with Crippen LogP contribution >= 0.6 is 0 Å². The molecule has 0 saturated carbocycles. The average Bonchev–Trinajstić information content (AvgIpc) is 2.73.